The lowest BCUT2D eigenvalue weighted by Gasteiger charge is -2.22. The molecule has 1 aromatic heterocycles. The van der Waals surface area contributed by atoms with Crippen molar-refractivity contribution in [2.45, 2.75) is 32.1 Å². The zero-order chi connectivity index (χ0) is 27.6. The molecule has 0 radical (unpaired) electrons. The van der Waals surface area contributed by atoms with Gasteiger partial charge in [-0.3, -0.25) is 9.59 Å². The van der Waals surface area contributed by atoms with E-state index in [-0.39, 0.29) is 5.75 Å². The summed E-state index contributed by atoms with van der Waals surface area (Å²) >= 11 is 1.41. The summed E-state index contributed by atoms with van der Waals surface area (Å²) in [6.45, 7) is 5.19. The number of esters is 1. The van der Waals surface area contributed by atoms with Gasteiger partial charge in [-0.25, -0.2) is 0 Å². The minimum absolute atomic E-state index is 0.158. The molecule has 1 N–H and O–H groups in total. The SMILES string of the molecule is CC(C)(C)OC(=O)C(CSCc1ccc(-c2ccc(-c3cccc4c3oc3ccccc34)cc2)cc1)C(=O)O. The molecule has 0 saturated carbocycles. The van der Waals surface area contributed by atoms with Crippen molar-refractivity contribution < 1.29 is 23.8 Å². The van der Waals surface area contributed by atoms with Gasteiger partial charge in [-0.15, -0.1) is 0 Å². The Morgan fingerprint density at radius 1 is 0.821 bits per heavy atom. The fourth-order valence-corrected chi connectivity index (χ4v) is 5.58. The van der Waals surface area contributed by atoms with Crippen LogP contribution in [0, 0.1) is 5.92 Å². The fourth-order valence-electron chi connectivity index (χ4n) is 4.52. The van der Waals surface area contributed by atoms with Crippen molar-refractivity contribution in [2.75, 3.05) is 5.75 Å². The minimum Gasteiger partial charge on any atom is -0.481 e. The first kappa shape index (κ1) is 26.6. The number of thioether (sulfide) groups is 1. The molecule has 0 aliphatic rings. The van der Waals surface area contributed by atoms with Gasteiger partial charge in [0.05, 0.1) is 0 Å². The molecule has 0 aliphatic heterocycles. The Morgan fingerprint density at radius 2 is 1.44 bits per heavy atom. The summed E-state index contributed by atoms with van der Waals surface area (Å²) < 4.78 is 11.5. The predicted molar refractivity (Wildman–Crippen MR) is 158 cm³/mol. The van der Waals surface area contributed by atoms with Crippen LogP contribution in [0.1, 0.15) is 26.3 Å². The average Bonchev–Trinajstić information content (AvgIpc) is 3.29. The maximum Gasteiger partial charge on any atom is 0.321 e. The molecule has 6 heteroatoms. The third-order valence-corrected chi connectivity index (χ3v) is 7.54. The van der Waals surface area contributed by atoms with E-state index >= 15 is 0 Å². The number of carboxylic acids is 1. The van der Waals surface area contributed by atoms with Gasteiger partial charge in [0.15, 0.2) is 5.92 Å². The van der Waals surface area contributed by atoms with Gasteiger partial charge in [0.1, 0.15) is 16.8 Å². The number of benzene rings is 4. The van der Waals surface area contributed by atoms with Crippen molar-refractivity contribution in [1.29, 1.82) is 0 Å². The third-order valence-electron chi connectivity index (χ3n) is 6.43. The van der Waals surface area contributed by atoms with E-state index in [1.807, 2.05) is 30.3 Å². The second-order valence-electron chi connectivity index (χ2n) is 10.5. The van der Waals surface area contributed by atoms with Crippen LogP contribution >= 0.6 is 11.8 Å². The molecular weight excluding hydrogens is 508 g/mol. The molecule has 0 bridgehead atoms. The first-order chi connectivity index (χ1) is 18.7. The van der Waals surface area contributed by atoms with Crippen molar-refractivity contribution in [3.05, 3.63) is 96.6 Å². The molecule has 5 aromatic rings. The van der Waals surface area contributed by atoms with Crippen molar-refractivity contribution >= 4 is 45.6 Å². The van der Waals surface area contributed by atoms with E-state index in [0.717, 1.165) is 49.8 Å². The highest BCUT2D eigenvalue weighted by atomic mass is 32.2. The third kappa shape index (κ3) is 6.02. The van der Waals surface area contributed by atoms with Gasteiger partial charge in [-0.05, 0) is 49.1 Å². The Balaban J connectivity index is 1.25. The Morgan fingerprint density at radius 3 is 2.10 bits per heavy atom. The lowest BCUT2D eigenvalue weighted by molar-refractivity contribution is -0.165. The summed E-state index contributed by atoms with van der Waals surface area (Å²) in [5, 5.41) is 11.7. The maximum atomic E-state index is 12.2. The Hall–Kier alpha value is -4.03. The highest BCUT2D eigenvalue weighted by molar-refractivity contribution is 7.98. The van der Waals surface area contributed by atoms with Gasteiger partial charge in [0, 0.05) is 27.8 Å². The second kappa shape index (κ2) is 11.0. The normalized spacial score (nSPS) is 12.5. The smallest absolute Gasteiger partial charge is 0.321 e. The molecule has 5 rings (SSSR count). The molecule has 0 amide bonds. The highest BCUT2D eigenvalue weighted by Gasteiger charge is 2.31. The van der Waals surface area contributed by atoms with Gasteiger partial charge in [0.2, 0.25) is 0 Å². The topological polar surface area (TPSA) is 76.7 Å². The van der Waals surface area contributed by atoms with Crippen LogP contribution < -0.4 is 0 Å². The number of fused-ring (bicyclic) bond motifs is 3. The Labute approximate surface area is 231 Å². The summed E-state index contributed by atoms with van der Waals surface area (Å²) in [5.74, 6) is -2.28. The van der Waals surface area contributed by atoms with Crippen LogP contribution in [0.3, 0.4) is 0 Å². The quantitative estimate of drug-likeness (QED) is 0.158. The van der Waals surface area contributed by atoms with Gasteiger partial charge < -0.3 is 14.3 Å². The minimum atomic E-state index is -1.18. The van der Waals surface area contributed by atoms with Gasteiger partial charge in [-0.2, -0.15) is 11.8 Å². The van der Waals surface area contributed by atoms with Crippen LogP contribution in [0.25, 0.3) is 44.2 Å². The first-order valence-corrected chi connectivity index (χ1v) is 14.0. The van der Waals surface area contributed by atoms with E-state index < -0.39 is 23.5 Å². The number of carboxylic acid groups (broad SMARTS) is 1. The van der Waals surface area contributed by atoms with Crippen molar-refractivity contribution in [3.63, 3.8) is 0 Å². The summed E-state index contributed by atoms with van der Waals surface area (Å²) in [4.78, 5) is 23.8. The molecule has 0 fully saturated rings. The van der Waals surface area contributed by atoms with E-state index in [2.05, 4.69) is 60.7 Å². The molecule has 4 aromatic carbocycles. The lowest BCUT2D eigenvalue weighted by atomic mass is 9.98. The monoisotopic (exact) mass is 538 g/mol. The summed E-state index contributed by atoms with van der Waals surface area (Å²) in [6.07, 6.45) is 0. The second-order valence-corrected chi connectivity index (χ2v) is 11.5. The molecule has 1 atom stereocenters. The molecule has 198 valence electrons. The molecule has 0 saturated heterocycles. The number of furan rings is 1. The number of carbonyl (C=O) groups is 2. The molecule has 1 unspecified atom stereocenters. The molecular formula is C33H30O5S. The predicted octanol–water partition coefficient (Wildman–Crippen LogP) is 8.20. The van der Waals surface area contributed by atoms with Crippen LogP contribution in [-0.4, -0.2) is 28.4 Å². The van der Waals surface area contributed by atoms with Crippen molar-refractivity contribution in [1.82, 2.24) is 0 Å². The zero-order valence-electron chi connectivity index (χ0n) is 22.1. The van der Waals surface area contributed by atoms with Crippen LogP contribution in [-0.2, 0) is 20.1 Å². The van der Waals surface area contributed by atoms with E-state index in [0.29, 0.717) is 5.75 Å². The first-order valence-electron chi connectivity index (χ1n) is 12.8. The van der Waals surface area contributed by atoms with Crippen LogP contribution in [0.2, 0.25) is 0 Å². The van der Waals surface area contributed by atoms with Gasteiger partial charge >= 0.3 is 11.9 Å². The van der Waals surface area contributed by atoms with E-state index in [1.165, 1.54) is 11.8 Å². The van der Waals surface area contributed by atoms with E-state index in [9.17, 15) is 14.7 Å². The van der Waals surface area contributed by atoms with Gasteiger partial charge in [-0.1, -0.05) is 84.9 Å². The Bertz CT molecular complexity index is 1630. The molecule has 39 heavy (non-hydrogen) atoms. The number of carbonyl (C=O) groups excluding carboxylic acids is 1. The molecule has 5 nitrogen and oxygen atoms in total. The fraction of sp³-hybridized carbons (Fsp3) is 0.212. The van der Waals surface area contributed by atoms with Gasteiger partial charge in [0.25, 0.3) is 0 Å². The number of rotatable bonds is 8. The largest absolute Gasteiger partial charge is 0.481 e. The van der Waals surface area contributed by atoms with Crippen LogP contribution in [0.4, 0.5) is 0 Å². The maximum absolute atomic E-state index is 12.2. The van der Waals surface area contributed by atoms with Crippen LogP contribution in [0.5, 0.6) is 0 Å². The van der Waals surface area contributed by atoms with Crippen molar-refractivity contribution in [2.24, 2.45) is 5.92 Å². The number of ether oxygens (including phenoxy) is 1. The average molecular weight is 539 g/mol. The van der Waals surface area contributed by atoms with E-state index in [4.69, 9.17) is 9.15 Å². The number of hydrogen-bond acceptors (Lipinski definition) is 5. The highest BCUT2D eigenvalue weighted by Crippen LogP contribution is 2.36. The zero-order valence-corrected chi connectivity index (χ0v) is 23.0. The lowest BCUT2D eigenvalue weighted by Crippen LogP contribution is -2.34. The van der Waals surface area contributed by atoms with Crippen molar-refractivity contribution in [3.8, 4) is 22.3 Å². The van der Waals surface area contributed by atoms with Crippen LogP contribution in [0.15, 0.2) is 95.4 Å². The van der Waals surface area contributed by atoms with E-state index in [1.54, 1.807) is 20.8 Å². The summed E-state index contributed by atoms with van der Waals surface area (Å²) in [6, 6.07) is 31.0. The molecule has 0 spiro atoms. The summed E-state index contributed by atoms with van der Waals surface area (Å²) in [5.41, 5.74) is 6.47. The summed E-state index contributed by atoms with van der Waals surface area (Å²) in [7, 11) is 0. The molecule has 1 heterocycles. The number of hydrogen-bond donors (Lipinski definition) is 1. The molecule has 0 aliphatic carbocycles. The number of para-hydroxylation sites is 2. The number of aliphatic carboxylic acids is 1. The standard InChI is InChI=1S/C33H30O5S/c1-33(2,3)38-32(36)28(31(34)35)20-39-19-21-11-13-22(14-12-21)23-15-17-24(18-16-23)25-8-6-9-27-26-7-4-5-10-29(26)37-30(25)27/h4-18,28H,19-20H2,1-3H3,(H,34,35). The Kier molecular flexibility index (Phi) is 7.49.